The fourth-order valence-corrected chi connectivity index (χ4v) is 4.14. The van der Waals surface area contributed by atoms with Gasteiger partial charge in [-0.15, -0.1) is 0 Å². The average Bonchev–Trinajstić information content (AvgIpc) is 2.62. The van der Waals surface area contributed by atoms with Crippen molar-refractivity contribution in [1.82, 2.24) is 5.32 Å². The summed E-state index contributed by atoms with van der Waals surface area (Å²) in [5, 5.41) is 3.23. The SMILES string of the molecule is CCC[C@H](N)C(=O)NC1CC2CCC1(C)C2(C)C. The van der Waals surface area contributed by atoms with Crippen molar-refractivity contribution in [3.05, 3.63) is 0 Å². The lowest BCUT2D eigenvalue weighted by Gasteiger charge is -2.39. The molecule has 2 bridgehead atoms. The first-order valence-corrected chi connectivity index (χ1v) is 7.39. The summed E-state index contributed by atoms with van der Waals surface area (Å²) in [7, 11) is 0. The van der Waals surface area contributed by atoms with E-state index in [2.05, 4.69) is 33.0 Å². The predicted octanol–water partition coefficient (Wildman–Crippen LogP) is 2.44. The second-order valence-electron chi connectivity index (χ2n) is 7.07. The first-order chi connectivity index (χ1) is 8.33. The van der Waals surface area contributed by atoms with Gasteiger partial charge in [-0.25, -0.2) is 0 Å². The van der Waals surface area contributed by atoms with E-state index in [1.807, 2.05) is 0 Å². The zero-order chi connectivity index (χ0) is 13.6. The van der Waals surface area contributed by atoms with Crippen molar-refractivity contribution in [3.8, 4) is 0 Å². The van der Waals surface area contributed by atoms with Crippen LogP contribution in [-0.2, 0) is 4.79 Å². The Balaban J connectivity index is 2.03. The van der Waals surface area contributed by atoms with Crippen molar-refractivity contribution in [2.75, 3.05) is 0 Å². The molecule has 1 amide bonds. The molecule has 2 saturated carbocycles. The van der Waals surface area contributed by atoms with E-state index in [9.17, 15) is 4.79 Å². The van der Waals surface area contributed by atoms with Crippen LogP contribution in [-0.4, -0.2) is 18.0 Å². The van der Waals surface area contributed by atoms with Crippen LogP contribution < -0.4 is 11.1 Å². The lowest BCUT2D eigenvalue weighted by molar-refractivity contribution is -0.124. The van der Waals surface area contributed by atoms with Crippen molar-refractivity contribution < 1.29 is 4.79 Å². The molecule has 2 aliphatic carbocycles. The zero-order valence-electron chi connectivity index (χ0n) is 12.3. The number of nitrogens with one attached hydrogen (secondary N) is 1. The Morgan fingerprint density at radius 3 is 2.56 bits per heavy atom. The zero-order valence-corrected chi connectivity index (χ0v) is 12.3. The van der Waals surface area contributed by atoms with Crippen LogP contribution in [0, 0.1) is 16.7 Å². The monoisotopic (exact) mass is 252 g/mol. The molecule has 0 spiro atoms. The van der Waals surface area contributed by atoms with Gasteiger partial charge in [0.2, 0.25) is 5.91 Å². The van der Waals surface area contributed by atoms with E-state index in [4.69, 9.17) is 5.73 Å². The highest BCUT2D eigenvalue weighted by atomic mass is 16.2. The Morgan fingerprint density at radius 2 is 2.11 bits per heavy atom. The molecule has 0 radical (unpaired) electrons. The summed E-state index contributed by atoms with van der Waals surface area (Å²) in [6.07, 6.45) is 5.43. The third kappa shape index (κ3) is 1.87. The molecule has 3 N–H and O–H groups in total. The fourth-order valence-electron chi connectivity index (χ4n) is 4.14. The Morgan fingerprint density at radius 1 is 1.44 bits per heavy atom. The van der Waals surface area contributed by atoms with Crippen molar-refractivity contribution in [3.63, 3.8) is 0 Å². The molecular weight excluding hydrogens is 224 g/mol. The van der Waals surface area contributed by atoms with Gasteiger partial charge in [0.25, 0.3) is 0 Å². The van der Waals surface area contributed by atoms with Crippen molar-refractivity contribution in [2.24, 2.45) is 22.5 Å². The van der Waals surface area contributed by atoms with Gasteiger partial charge < -0.3 is 11.1 Å². The van der Waals surface area contributed by atoms with E-state index < -0.39 is 0 Å². The topological polar surface area (TPSA) is 55.1 Å². The summed E-state index contributed by atoms with van der Waals surface area (Å²) >= 11 is 0. The van der Waals surface area contributed by atoms with Gasteiger partial charge in [0.15, 0.2) is 0 Å². The summed E-state index contributed by atoms with van der Waals surface area (Å²) in [4.78, 5) is 12.1. The minimum absolute atomic E-state index is 0.0476. The maximum atomic E-state index is 12.1. The second-order valence-corrected chi connectivity index (χ2v) is 7.07. The number of rotatable bonds is 4. The van der Waals surface area contributed by atoms with Gasteiger partial charge in [-0.3, -0.25) is 4.79 Å². The van der Waals surface area contributed by atoms with Crippen LogP contribution in [0.4, 0.5) is 0 Å². The van der Waals surface area contributed by atoms with Gasteiger partial charge in [-0.1, -0.05) is 34.1 Å². The van der Waals surface area contributed by atoms with Gasteiger partial charge in [0, 0.05) is 6.04 Å². The molecule has 0 aromatic carbocycles. The van der Waals surface area contributed by atoms with Gasteiger partial charge in [-0.2, -0.15) is 0 Å². The smallest absolute Gasteiger partial charge is 0.237 e. The molecule has 0 aliphatic heterocycles. The largest absolute Gasteiger partial charge is 0.351 e. The standard InChI is InChI=1S/C15H28N2O/c1-5-6-11(16)13(18)17-12-9-10-7-8-15(12,4)14(10,2)3/h10-12H,5-9,16H2,1-4H3,(H,17,18)/t10?,11-,12?,15?/m0/s1. The molecule has 3 heteroatoms. The predicted molar refractivity (Wildman–Crippen MR) is 74.0 cm³/mol. The minimum Gasteiger partial charge on any atom is -0.351 e. The normalized spacial score (nSPS) is 38.7. The van der Waals surface area contributed by atoms with E-state index in [0.29, 0.717) is 11.5 Å². The highest BCUT2D eigenvalue weighted by molar-refractivity contribution is 5.81. The van der Waals surface area contributed by atoms with E-state index in [0.717, 1.165) is 25.2 Å². The Bertz CT molecular complexity index is 339. The molecule has 104 valence electrons. The van der Waals surface area contributed by atoms with E-state index in [1.54, 1.807) is 0 Å². The van der Waals surface area contributed by atoms with Gasteiger partial charge >= 0.3 is 0 Å². The molecule has 0 aromatic rings. The Hall–Kier alpha value is -0.570. The quantitative estimate of drug-likeness (QED) is 0.807. The molecule has 4 atom stereocenters. The van der Waals surface area contributed by atoms with Crippen LogP contribution in [0.1, 0.15) is 59.8 Å². The highest BCUT2D eigenvalue weighted by Gasteiger charge is 2.61. The maximum absolute atomic E-state index is 12.1. The second kappa shape index (κ2) is 4.52. The number of carbonyl (C=O) groups excluding carboxylic acids is 1. The van der Waals surface area contributed by atoms with Crippen LogP contribution >= 0.6 is 0 Å². The Labute approximate surface area is 111 Å². The maximum Gasteiger partial charge on any atom is 0.237 e. The van der Waals surface area contributed by atoms with Crippen LogP contribution in [0.5, 0.6) is 0 Å². The number of amides is 1. The molecule has 2 fully saturated rings. The molecule has 3 unspecified atom stereocenters. The summed E-state index contributed by atoms with van der Waals surface area (Å²) in [5.74, 6) is 0.807. The van der Waals surface area contributed by atoms with Crippen LogP contribution in [0.2, 0.25) is 0 Å². The van der Waals surface area contributed by atoms with Crippen LogP contribution in [0.25, 0.3) is 0 Å². The number of fused-ring (bicyclic) bond motifs is 2. The molecule has 0 heterocycles. The minimum atomic E-state index is -0.333. The van der Waals surface area contributed by atoms with Crippen molar-refractivity contribution in [1.29, 1.82) is 0 Å². The molecule has 18 heavy (non-hydrogen) atoms. The molecule has 2 rings (SSSR count). The lowest BCUT2D eigenvalue weighted by atomic mass is 9.69. The molecular formula is C15H28N2O. The van der Waals surface area contributed by atoms with E-state index in [-0.39, 0.29) is 17.4 Å². The molecule has 0 saturated heterocycles. The summed E-state index contributed by atoms with van der Waals surface area (Å²) in [5.41, 5.74) is 6.50. The summed E-state index contributed by atoms with van der Waals surface area (Å²) in [6, 6.07) is -0.0116. The summed E-state index contributed by atoms with van der Waals surface area (Å²) in [6.45, 7) is 9.14. The van der Waals surface area contributed by atoms with Crippen molar-refractivity contribution in [2.45, 2.75) is 71.9 Å². The fraction of sp³-hybridized carbons (Fsp3) is 0.933. The van der Waals surface area contributed by atoms with Crippen molar-refractivity contribution >= 4 is 5.91 Å². The van der Waals surface area contributed by atoms with E-state index in [1.165, 1.54) is 12.8 Å². The molecule has 2 aliphatic rings. The van der Waals surface area contributed by atoms with E-state index >= 15 is 0 Å². The first kappa shape index (κ1) is 13.9. The molecule has 0 aromatic heterocycles. The third-order valence-electron chi connectivity index (χ3n) is 6.05. The first-order valence-electron chi connectivity index (χ1n) is 7.39. The summed E-state index contributed by atoms with van der Waals surface area (Å²) < 4.78 is 0. The third-order valence-corrected chi connectivity index (χ3v) is 6.05. The number of nitrogens with two attached hydrogens (primary N) is 1. The lowest BCUT2D eigenvalue weighted by Crippen LogP contribution is -2.51. The average molecular weight is 252 g/mol. The highest BCUT2D eigenvalue weighted by Crippen LogP contribution is 2.65. The number of hydrogen-bond acceptors (Lipinski definition) is 2. The number of carbonyl (C=O) groups is 1. The van der Waals surface area contributed by atoms with Gasteiger partial charge in [0.05, 0.1) is 6.04 Å². The van der Waals surface area contributed by atoms with Gasteiger partial charge in [-0.05, 0) is 42.4 Å². The Kier molecular flexibility index (Phi) is 3.48. The van der Waals surface area contributed by atoms with Gasteiger partial charge in [0.1, 0.15) is 0 Å². The molecule has 3 nitrogen and oxygen atoms in total. The van der Waals surface area contributed by atoms with Crippen LogP contribution in [0.15, 0.2) is 0 Å². The van der Waals surface area contributed by atoms with Crippen LogP contribution in [0.3, 0.4) is 0 Å². The number of hydrogen-bond donors (Lipinski definition) is 2.